The van der Waals surface area contributed by atoms with Gasteiger partial charge in [0.05, 0.1) is 0 Å². The highest BCUT2D eigenvalue weighted by Crippen LogP contribution is 2.30. The van der Waals surface area contributed by atoms with Crippen molar-refractivity contribution in [3.8, 4) is 0 Å². The summed E-state index contributed by atoms with van der Waals surface area (Å²) in [5, 5.41) is 9.91. The van der Waals surface area contributed by atoms with Gasteiger partial charge in [0.1, 0.15) is 16.8 Å². The smallest absolute Gasteiger partial charge is 0.137 e. The molecular weight excluding hydrogens is 274 g/mol. The Morgan fingerprint density at radius 2 is 2.05 bits per heavy atom. The summed E-state index contributed by atoms with van der Waals surface area (Å²) in [6, 6.07) is 0. The molecule has 4 nitrogen and oxygen atoms in total. The van der Waals surface area contributed by atoms with Crippen molar-refractivity contribution < 1.29 is 5.11 Å². The van der Waals surface area contributed by atoms with Crippen LogP contribution < -0.4 is 4.90 Å². The molecule has 20 heavy (non-hydrogen) atoms. The van der Waals surface area contributed by atoms with Crippen molar-refractivity contribution in [1.82, 2.24) is 9.97 Å². The van der Waals surface area contributed by atoms with E-state index in [4.69, 9.17) is 16.6 Å². The van der Waals surface area contributed by atoms with E-state index >= 15 is 0 Å². The maximum absolute atomic E-state index is 9.38. The van der Waals surface area contributed by atoms with Crippen LogP contribution in [0, 0.1) is 12.8 Å². The van der Waals surface area contributed by atoms with Gasteiger partial charge in [-0.2, -0.15) is 0 Å². The zero-order valence-electron chi connectivity index (χ0n) is 12.8. The first-order valence-electron chi connectivity index (χ1n) is 7.23. The maximum Gasteiger partial charge on any atom is 0.137 e. The fourth-order valence-corrected chi connectivity index (χ4v) is 2.69. The van der Waals surface area contributed by atoms with Crippen molar-refractivity contribution in [1.29, 1.82) is 0 Å². The second kappa shape index (κ2) is 5.86. The largest absolute Gasteiger partial charge is 0.396 e. The van der Waals surface area contributed by atoms with Crippen LogP contribution in [0.3, 0.4) is 0 Å². The van der Waals surface area contributed by atoms with Gasteiger partial charge in [-0.3, -0.25) is 0 Å². The molecule has 0 spiro atoms. The highest BCUT2D eigenvalue weighted by molar-refractivity contribution is 6.30. The molecule has 112 valence electrons. The van der Waals surface area contributed by atoms with Crippen LogP contribution in [0.15, 0.2) is 0 Å². The summed E-state index contributed by atoms with van der Waals surface area (Å²) >= 11 is 6.29. The molecule has 1 unspecified atom stereocenters. The van der Waals surface area contributed by atoms with Gasteiger partial charge < -0.3 is 10.0 Å². The monoisotopic (exact) mass is 297 g/mol. The lowest BCUT2D eigenvalue weighted by molar-refractivity contribution is 0.208. The Labute approximate surface area is 126 Å². The number of aliphatic hydroxyl groups is 1. The van der Waals surface area contributed by atoms with Gasteiger partial charge in [0.25, 0.3) is 0 Å². The van der Waals surface area contributed by atoms with E-state index < -0.39 is 0 Å². The van der Waals surface area contributed by atoms with E-state index in [2.05, 4.69) is 30.7 Å². The number of piperidine rings is 1. The predicted octanol–water partition coefficient (Wildman–Crippen LogP) is 2.94. The summed E-state index contributed by atoms with van der Waals surface area (Å²) in [6.07, 6.45) is 2.16. The molecule has 2 rings (SSSR count). The van der Waals surface area contributed by atoms with E-state index in [1.807, 2.05) is 6.92 Å². The minimum atomic E-state index is -0.127. The molecule has 0 amide bonds. The molecule has 0 aromatic carbocycles. The number of hydrogen-bond donors (Lipinski definition) is 1. The lowest BCUT2D eigenvalue weighted by Gasteiger charge is -2.34. The third-order valence-corrected chi connectivity index (χ3v) is 4.18. The van der Waals surface area contributed by atoms with Gasteiger partial charge in [0.15, 0.2) is 0 Å². The molecule has 0 bridgehead atoms. The number of halogens is 1. The number of hydrogen-bond acceptors (Lipinski definition) is 4. The molecule has 1 N–H and O–H groups in total. The van der Waals surface area contributed by atoms with Crippen LogP contribution in [0.25, 0.3) is 0 Å². The molecule has 1 fully saturated rings. The van der Waals surface area contributed by atoms with E-state index in [1.54, 1.807) is 0 Å². The predicted molar refractivity (Wildman–Crippen MR) is 82.5 cm³/mol. The number of rotatable bonds is 2. The van der Waals surface area contributed by atoms with Gasteiger partial charge in [-0.25, -0.2) is 9.97 Å². The molecule has 1 aromatic rings. The van der Waals surface area contributed by atoms with Gasteiger partial charge in [0.2, 0.25) is 0 Å². The normalized spacial score (nSPS) is 20.3. The molecule has 1 atom stereocenters. The van der Waals surface area contributed by atoms with Crippen molar-refractivity contribution in [3.63, 3.8) is 0 Å². The first-order valence-corrected chi connectivity index (χ1v) is 7.61. The van der Waals surface area contributed by atoms with Gasteiger partial charge in [0, 0.05) is 30.7 Å². The van der Waals surface area contributed by atoms with Crippen LogP contribution in [-0.4, -0.2) is 34.8 Å². The first-order chi connectivity index (χ1) is 9.32. The Balaban J connectivity index is 2.37. The topological polar surface area (TPSA) is 49.2 Å². The molecule has 1 aliphatic rings. The van der Waals surface area contributed by atoms with Crippen molar-refractivity contribution in [3.05, 3.63) is 16.5 Å². The van der Waals surface area contributed by atoms with Gasteiger partial charge in [-0.1, -0.05) is 32.4 Å². The third kappa shape index (κ3) is 3.23. The number of aliphatic hydroxyl groups excluding tert-OH is 1. The SMILES string of the molecule is Cc1c(Cl)nc(C(C)(C)C)nc1N1CCCC(CO)C1. The zero-order valence-corrected chi connectivity index (χ0v) is 13.5. The van der Waals surface area contributed by atoms with Crippen LogP contribution in [0.4, 0.5) is 5.82 Å². The molecule has 0 radical (unpaired) electrons. The molecule has 1 saturated heterocycles. The Kier molecular flexibility index (Phi) is 4.55. The van der Waals surface area contributed by atoms with Crippen molar-refractivity contribution in [2.75, 3.05) is 24.6 Å². The summed E-state index contributed by atoms with van der Waals surface area (Å²) in [5.74, 6) is 2.03. The van der Waals surface area contributed by atoms with Crippen molar-refractivity contribution in [2.45, 2.75) is 46.0 Å². The standard InChI is InChI=1S/C15H24ClN3O/c1-10-12(16)17-14(15(2,3)4)18-13(10)19-7-5-6-11(8-19)9-20/h11,20H,5-9H2,1-4H3. The third-order valence-electron chi connectivity index (χ3n) is 3.81. The number of aromatic nitrogens is 2. The van der Waals surface area contributed by atoms with E-state index in [0.29, 0.717) is 11.1 Å². The molecular formula is C15H24ClN3O. The summed E-state index contributed by atoms with van der Waals surface area (Å²) in [6.45, 7) is 10.3. The van der Waals surface area contributed by atoms with E-state index in [0.717, 1.165) is 43.1 Å². The summed E-state index contributed by atoms with van der Waals surface area (Å²) in [5.41, 5.74) is 0.802. The van der Waals surface area contributed by atoms with Crippen molar-refractivity contribution >= 4 is 17.4 Å². The summed E-state index contributed by atoms with van der Waals surface area (Å²) in [7, 11) is 0. The lowest BCUT2D eigenvalue weighted by Crippen LogP contribution is -2.38. The molecule has 0 saturated carbocycles. The number of anilines is 1. The van der Waals surface area contributed by atoms with E-state index in [9.17, 15) is 5.11 Å². The quantitative estimate of drug-likeness (QED) is 0.853. The van der Waals surface area contributed by atoms with Gasteiger partial charge >= 0.3 is 0 Å². The maximum atomic E-state index is 9.38. The van der Waals surface area contributed by atoms with Crippen LogP contribution in [0.5, 0.6) is 0 Å². The fraction of sp³-hybridized carbons (Fsp3) is 0.733. The molecule has 1 aliphatic heterocycles. The lowest BCUT2D eigenvalue weighted by atomic mass is 9.95. The molecule has 0 aliphatic carbocycles. The zero-order chi connectivity index (χ0) is 14.9. The van der Waals surface area contributed by atoms with Crippen LogP contribution >= 0.6 is 11.6 Å². The molecule has 2 heterocycles. The molecule has 1 aromatic heterocycles. The van der Waals surface area contributed by atoms with E-state index in [1.165, 1.54) is 0 Å². The summed E-state index contributed by atoms with van der Waals surface area (Å²) < 4.78 is 0. The Morgan fingerprint density at radius 3 is 2.65 bits per heavy atom. The Hall–Kier alpha value is -0.870. The fourth-order valence-electron chi connectivity index (χ4n) is 2.53. The average Bonchev–Trinajstić information content (AvgIpc) is 2.40. The van der Waals surface area contributed by atoms with Crippen molar-refractivity contribution in [2.24, 2.45) is 5.92 Å². The van der Waals surface area contributed by atoms with Gasteiger partial charge in [-0.05, 0) is 25.7 Å². The second-order valence-electron chi connectivity index (χ2n) is 6.67. The second-order valence-corrected chi connectivity index (χ2v) is 7.03. The minimum absolute atomic E-state index is 0.127. The number of nitrogens with zero attached hydrogens (tertiary/aromatic N) is 3. The van der Waals surface area contributed by atoms with Gasteiger partial charge in [-0.15, -0.1) is 0 Å². The van der Waals surface area contributed by atoms with Crippen LogP contribution in [-0.2, 0) is 5.41 Å². The first kappa shape index (κ1) is 15.5. The Morgan fingerprint density at radius 1 is 1.35 bits per heavy atom. The van der Waals surface area contributed by atoms with E-state index in [-0.39, 0.29) is 12.0 Å². The van der Waals surface area contributed by atoms with Crippen LogP contribution in [0.1, 0.15) is 45.0 Å². The Bertz CT molecular complexity index is 485. The minimum Gasteiger partial charge on any atom is -0.396 e. The molecule has 5 heteroatoms. The highest BCUT2D eigenvalue weighted by Gasteiger charge is 2.26. The average molecular weight is 298 g/mol. The van der Waals surface area contributed by atoms with Crippen LogP contribution in [0.2, 0.25) is 5.15 Å². The highest BCUT2D eigenvalue weighted by atomic mass is 35.5. The summed E-state index contributed by atoms with van der Waals surface area (Å²) in [4.78, 5) is 11.4.